The lowest BCUT2D eigenvalue weighted by molar-refractivity contribution is 0.355. The van der Waals surface area contributed by atoms with E-state index in [1.54, 1.807) is 29.5 Å². The molecule has 0 atom stereocenters. The molecule has 1 aromatic carbocycles. The number of aromatic nitrogens is 2. The number of nitrogens with one attached hydrogen (secondary N) is 1. The molecule has 8 heteroatoms. The Labute approximate surface area is 175 Å². The number of rotatable bonds is 4. The summed E-state index contributed by atoms with van der Waals surface area (Å²) in [5.74, 6) is 1.28. The normalized spacial score (nSPS) is 14.2. The molecule has 1 aliphatic rings. The largest absolute Gasteiger partial charge is 0.493 e. The van der Waals surface area contributed by atoms with Crippen molar-refractivity contribution in [2.75, 3.05) is 14.2 Å². The highest BCUT2D eigenvalue weighted by Crippen LogP contribution is 2.38. The van der Waals surface area contributed by atoms with E-state index in [0.29, 0.717) is 38.3 Å². The first kappa shape index (κ1) is 19.3. The molecular weight excluding hydrogens is 419 g/mol. The molecule has 2 heterocycles. The summed E-state index contributed by atoms with van der Waals surface area (Å²) in [6.07, 6.45) is 5.91. The van der Waals surface area contributed by atoms with Gasteiger partial charge in [0, 0.05) is 4.88 Å². The van der Waals surface area contributed by atoms with E-state index in [4.69, 9.17) is 32.7 Å². The molecule has 2 aromatic heterocycles. The smallest absolute Gasteiger partial charge is 0.260 e. The molecule has 5 nitrogen and oxygen atoms in total. The summed E-state index contributed by atoms with van der Waals surface area (Å²) in [5.41, 5.74) is 1.72. The van der Waals surface area contributed by atoms with Gasteiger partial charge in [0.25, 0.3) is 5.56 Å². The van der Waals surface area contributed by atoms with E-state index in [1.165, 1.54) is 19.1 Å². The molecule has 0 saturated heterocycles. The number of aryl methyl sites for hydroxylation is 2. The van der Waals surface area contributed by atoms with Crippen LogP contribution in [0.2, 0.25) is 5.02 Å². The van der Waals surface area contributed by atoms with E-state index in [2.05, 4.69) is 9.97 Å². The third-order valence-corrected chi connectivity index (χ3v) is 6.56. The van der Waals surface area contributed by atoms with Crippen molar-refractivity contribution in [3.63, 3.8) is 0 Å². The van der Waals surface area contributed by atoms with Gasteiger partial charge in [-0.1, -0.05) is 23.2 Å². The second-order valence-electron chi connectivity index (χ2n) is 6.54. The van der Waals surface area contributed by atoms with Crippen LogP contribution in [0.1, 0.15) is 34.7 Å². The van der Waals surface area contributed by atoms with E-state index in [-0.39, 0.29) is 5.56 Å². The van der Waals surface area contributed by atoms with Gasteiger partial charge in [-0.3, -0.25) is 4.79 Å². The molecule has 0 aliphatic heterocycles. The van der Waals surface area contributed by atoms with Crippen molar-refractivity contribution in [2.24, 2.45) is 0 Å². The van der Waals surface area contributed by atoms with Crippen LogP contribution in [0.4, 0.5) is 0 Å². The number of nitrogens with zero attached hydrogens (tertiary/aromatic N) is 1. The SMILES string of the molecule is COc1cc(/C=C(\Cl)c2nc3sc4c(c3c(=O)[nH]2)CCCC4)cc(Cl)c1OC. The molecule has 1 aliphatic carbocycles. The zero-order valence-corrected chi connectivity index (χ0v) is 17.7. The first-order valence-electron chi connectivity index (χ1n) is 8.85. The Kier molecular flexibility index (Phi) is 5.36. The maximum Gasteiger partial charge on any atom is 0.260 e. The highest BCUT2D eigenvalue weighted by atomic mass is 35.5. The van der Waals surface area contributed by atoms with Crippen LogP contribution in [-0.4, -0.2) is 24.2 Å². The number of thiophene rings is 1. The molecule has 28 heavy (non-hydrogen) atoms. The number of methoxy groups -OCH3 is 2. The van der Waals surface area contributed by atoms with Crippen LogP contribution in [0, 0.1) is 0 Å². The zero-order chi connectivity index (χ0) is 19.8. The predicted octanol–water partition coefficient (Wildman–Crippen LogP) is 5.27. The van der Waals surface area contributed by atoms with Crippen LogP contribution < -0.4 is 15.0 Å². The molecule has 0 fully saturated rings. The Morgan fingerprint density at radius 2 is 2.04 bits per heavy atom. The fourth-order valence-corrected chi connectivity index (χ4v) is 5.29. The van der Waals surface area contributed by atoms with Crippen molar-refractivity contribution in [3.8, 4) is 11.5 Å². The second kappa shape index (κ2) is 7.78. The van der Waals surface area contributed by atoms with Gasteiger partial charge in [-0.25, -0.2) is 4.98 Å². The number of H-pyrrole nitrogens is 1. The van der Waals surface area contributed by atoms with Crippen LogP contribution in [0.5, 0.6) is 11.5 Å². The average molecular weight is 437 g/mol. The van der Waals surface area contributed by atoms with Crippen molar-refractivity contribution in [1.82, 2.24) is 9.97 Å². The summed E-state index contributed by atoms with van der Waals surface area (Å²) >= 11 is 14.3. The molecule has 0 saturated carbocycles. The summed E-state index contributed by atoms with van der Waals surface area (Å²) in [6.45, 7) is 0. The van der Waals surface area contributed by atoms with Gasteiger partial charge in [-0.15, -0.1) is 11.3 Å². The zero-order valence-electron chi connectivity index (χ0n) is 15.4. The summed E-state index contributed by atoms with van der Waals surface area (Å²) in [7, 11) is 3.06. The molecule has 3 aromatic rings. The van der Waals surface area contributed by atoms with Crippen molar-refractivity contribution in [1.29, 1.82) is 0 Å². The molecule has 0 spiro atoms. The molecule has 0 amide bonds. The molecule has 0 radical (unpaired) electrons. The maximum atomic E-state index is 12.7. The average Bonchev–Trinajstić information content (AvgIpc) is 3.06. The maximum absolute atomic E-state index is 12.7. The molecule has 146 valence electrons. The Bertz CT molecular complexity index is 1150. The number of halogens is 2. The molecule has 0 bridgehead atoms. The number of benzene rings is 1. The fourth-order valence-electron chi connectivity index (χ4n) is 3.51. The summed E-state index contributed by atoms with van der Waals surface area (Å²) < 4.78 is 10.6. The predicted molar refractivity (Wildman–Crippen MR) is 115 cm³/mol. The van der Waals surface area contributed by atoms with Crippen LogP contribution >= 0.6 is 34.5 Å². The molecular formula is C20H18Cl2N2O3S. The van der Waals surface area contributed by atoms with Gasteiger partial charge in [0.2, 0.25) is 0 Å². The Balaban J connectivity index is 1.78. The topological polar surface area (TPSA) is 64.2 Å². The lowest BCUT2D eigenvalue weighted by Crippen LogP contribution is -2.12. The van der Waals surface area contributed by atoms with Crippen LogP contribution in [0.3, 0.4) is 0 Å². The summed E-state index contributed by atoms with van der Waals surface area (Å²) in [5, 5.41) is 1.43. The van der Waals surface area contributed by atoms with Gasteiger partial charge in [-0.05, 0) is 55.0 Å². The highest BCUT2D eigenvalue weighted by Gasteiger charge is 2.20. The summed E-state index contributed by atoms with van der Waals surface area (Å²) in [4.78, 5) is 22.1. The standard InChI is InChI=1S/C20H18Cl2N2O3S/c1-26-14-9-10(7-12(21)17(14)27-2)8-13(22)18-23-19(25)16-11-5-3-4-6-15(11)28-20(16)24-18/h7-9H,3-6H2,1-2H3,(H,23,24,25)/b13-8-. The lowest BCUT2D eigenvalue weighted by Gasteiger charge is -2.10. The number of aromatic amines is 1. The number of ether oxygens (including phenoxy) is 2. The van der Waals surface area contributed by atoms with Crippen LogP contribution in [0.15, 0.2) is 16.9 Å². The summed E-state index contributed by atoms with van der Waals surface area (Å²) in [6, 6.07) is 3.47. The van der Waals surface area contributed by atoms with E-state index in [0.717, 1.165) is 36.1 Å². The minimum atomic E-state index is -0.142. The van der Waals surface area contributed by atoms with E-state index < -0.39 is 0 Å². The van der Waals surface area contributed by atoms with Gasteiger partial charge < -0.3 is 14.5 Å². The molecule has 1 N–H and O–H groups in total. The van der Waals surface area contributed by atoms with E-state index in [9.17, 15) is 4.79 Å². The third kappa shape index (κ3) is 3.41. The minimum absolute atomic E-state index is 0.142. The number of hydrogen-bond donors (Lipinski definition) is 1. The number of fused-ring (bicyclic) bond motifs is 3. The Hall–Kier alpha value is -2.02. The van der Waals surface area contributed by atoms with Crippen molar-refractivity contribution in [2.45, 2.75) is 25.7 Å². The number of hydrogen-bond acceptors (Lipinski definition) is 5. The first-order valence-corrected chi connectivity index (χ1v) is 10.4. The second-order valence-corrected chi connectivity index (χ2v) is 8.43. The fraction of sp³-hybridized carbons (Fsp3) is 0.300. The Morgan fingerprint density at radius 1 is 1.25 bits per heavy atom. The van der Waals surface area contributed by atoms with Gasteiger partial charge >= 0.3 is 0 Å². The van der Waals surface area contributed by atoms with Gasteiger partial charge in [0.1, 0.15) is 4.83 Å². The third-order valence-electron chi connectivity index (χ3n) is 4.80. The lowest BCUT2D eigenvalue weighted by atomic mass is 9.97. The quantitative estimate of drug-likeness (QED) is 0.604. The van der Waals surface area contributed by atoms with Crippen LogP contribution in [-0.2, 0) is 12.8 Å². The minimum Gasteiger partial charge on any atom is -0.493 e. The highest BCUT2D eigenvalue weighted by molar-refractivity contribution is 7.18. The van der Waals surface area contributed by atoms with E-state index >= 15 is 0 Å². The van der Waals surface area contributed by atoms with Gasteiger partial charge in [0.05, 0.1) is 29.7 Å². The molecule has 4 rings (SSSR count). The Morgan fingerprint density at radius 3 is 2.79 bits per heavy atom. The van der Waals surface area contributed by atoms with Crippen molar-refractivity contribution >= 4 is 55.9 Å². The first-order chi connectivity index (χ1) is 13.5. The van der Waals surface area contributed by atoms with Gasteiger partial charge in [-0.2, -0.15) is 0 Å². The molecule has 0 unspecified atom stereocenters. The van der Waals surface area contributed by atoms with Crippen LogP contribution in [0.25, 0.3) is 21.3 Å². The van der Waals surface area contributed by atoms with E-state index in [1.807, 2.05) is 0 Å². The van der Waals surface area contributed by atoms with Crippen molar-refractivity contribution in [3.05, 3.63) is 49.3 Å². The van der Waals surface area contributed by atoms with Crippen molar-refractivity contribution < 1.29 is 9.47 Å². The van der Waals surface area contributed by atoms with Gasteiger partial charge in [0.15, 0.2) is 17.3 Å². The monoisotopic (exact) mass is 436 g/mol.